The van der Waals surface area contributed by atoms with Gasteiger partial charge in [0, 0.05) is 11.1 Å². The molecule has 0 heterocycles. The zero-order valence-corrected chi connectivity index (χ0v) is 13.4. The molecule has 2 atom stereocenters. The van der Waals surface area contributed by atoms with Crippen LogP contribution >= 0.6 is 11.6 Å². The average molecular weight is 296 g/mol. The van der Waals surface area contributed by atoms with Crippen molar-refractivity contribution in [2.24, 2.45) is 5.92 Å². The van der Waals surface area contributed by atoms with Gasteiger partial charge in [0.15, 0.2) is 0 Å². The van der Waals surface area contributed by atoms with Crippen LogP contribution in [-0.2, 0) is 0 Å². The van der Waals surface area contributed by atoms with Crippen LogP contribution in [0.1, 0.15) is 44.6 Å². The SMILES string of the molecule is CCCNC1CCCC1CCOc1cc(Cl)ccc1C. The maximum atomic E-state index is 6.01. The molecule has 2 unspecified atom stereocenters. The summed E-state index contributed by atoms with van der Waals surface area (Å²) in [7, 11) is 0. The Hall–Kier alpha value is -0.730. The van der Waals surface area contributed by atoms with Gasteiger partial charge in [0.1, 0.15) is 5.75 Å². The molecule has 1 aliphatic carbocycles. The van der Waals surface area contributed by atoms with Gasteiger partial charge in [-0.15, -0.1) is 0 Å². The molecular formula is C17H26ClNO. The number of benzene rings is 1. The van der Waals surface area contributed by atoms with E-state index < -0.39 is 0 Å². The summed E-state index contributed by atoms with van der Waals surface area (Å²) in [6.45, 7) is 6.21. The molecule has 20 heavy (non-hydrogen) atoms. The molecule has 0 amide bonds. The number of aryl methyl sites for hydroxylation is 1. The maximum absolute atomic E-state index is 6.01. The Morgan fingerprint density at radius 2 is 2.20 bits per heavy atom. The predicted molar refractivity (Wildman–Crippen MR) is 85.7 cm³/mol. The topological polar surface area (TPSA) is 21.3 Å². The van der Waals surface area contributed by atoms with Crippen molar-refractivity contribution in [1.29, 1.82) is 0 Å². The molecule has 3 heteroatoms. The minimum atomic E-state index is 0.694. The van der Waals surface area contributed by atoms with E-state index in [0.29, 0.717) is 6.04 Å². The quantitative estimate of drug-likeness (QED) is 0.794. The van der Waals surface area contributed by atoms with E-state index in [9.17, 15) is 0 Å². The smallest absolute Gasteiger partial charge is 0.123 e. The second kappa shape index (κ2) is 7.90. The highest BCUT2D eigenvalue weighted by atomic mass is 35.5. The van der Waals surface area contributed by atoms with Gasteiger partial charge in [-0.3, -0.25) is 0 Å². The number of hydrogen-bond donors (Lipinski definition) is 1. The van der Waals surface area contributed by atoms with Gasteiger partial charge in [0.25, 0.3) is 0 Å². The van der Waals surface area contributed by atoms with Crippen LogP contribution in [0.15, 0.2) is 18.2 Å². The van der Waals surface area contributed by atoms with Gasteiger partial charge < -0.3 is 10.1 Å². The van der Waals surface area contributed by atoms with Gasteiger partial charge in [-0.05, 0) is 62.8 Å². The Kier molecular flexibility index (Phi) is 6.18. The first-order valence-corrected chi connectivity index (χ1v) is 8.21. The van der Waals surface area contributed by atoms with Gasteiger partial charge in [-0.25, -0.2) is 0 Å². The normalized spacial score (nSPS) is 22.1. The van der Waals surface area contributed by atoms with Gasteiger partial charge in [-0.2, -0.15) is 0 Å². The molecule has 1 aliphatic rings. The molecule has 0 radical (unpaired) electrons. The summed E-state index contributed by atoms with van der Waals surface area (Å²) in [4.78, 5) is 0. The standard InChI is InChI=1S/C17H26ClNO/c1-3-10-19-16-6-4-5-14(16)9-11-20-17-12-15(18)8-7-13(17)2/h7-8,12,14,16,19H,3-6,9-11H2,1-2H3. The third kappa shape index (κ3) is 4.39. The van der Waals surface area contributed by atoms with E-state index in [1.54, 1.807) is 0 Å². The van der Waals surface area contributed by atoms with E-state index in [0.717, 1.165) is 41.8 Å². The minimum Gasteiger partial charge on any atom is -0.493 e. The number of hydrogen-bond acceptors (Lipinski definition) is 2. The molecule has 112 valence electrons. The minimum absolute atomic E-state index is 0.694. The molecule has 2 rings (SSSR count). The highest BCUT2D eigenvalue weighted by Gasteiger charge is 2.26. The van der Waals surface area contributed by atoms with Crippen LogP contribution in [-0.4, -0.2) is 19.2 Å². The number of ether oxygens (including phenoxy) is 1. The summed E-state index contributed by atoms with van der Waals surface area (Å²) in [6, 6.07) is 6.53. The van der Waals surface area contributed by atoms with Crippen LogP contribution in [0.5, 0.6) is 5.75 Å². The molecular weight excluding hydrogens is 270 g/mol. The molecule has 1 fully saturated rings. The molecule has 0 saturated heterocycles. The van der Waals surface area contributed by atoms with Crippen molar-refractivity contribution in [2.45, 2.75) is 52.0 Å². The van der Waals surface area contributed by atoms with Crippen LogP contribution in [0, 0.1) is 12.8 Å². The maximum Gasteiger partial charge on any atom is 0.123 e. The highest BCUT2D eigenvalue weighted by Crippen LogP contribution is 2.29. The van der Waals surface area contributed by atoms with E-state index in [1.165, 1.54) is 25.7 Å². The van der Waals surface area contributed by atoms with Crippen molar-refractivity contribution in [3.05, 3.63) is 28.8 Å². The van der Waals surface area contributed by atoms with E-state index in [1.807, 2.05) is 18.2 Å². The van der Waals surface area contributed by atoms with Gasteiger partial charge >= 0.3 is 0 Å². The first-order valence-electron chi connectivity index (χ1n) is 7.83. The van der Waals surface area contributed by atoms with Crippen LogP contribution in [0.3, 0.4) is 0 Å². The Bertz CT molecular complexity index is 421. The molecule has 1 N–H and O–H groups in total. The zero-order valence-electron chi connectivity index (χ0n) is 12.6. The van der Waals surface area contributed by atoms with Crippen LogP contribution in [0.4, 0.5) is 0 Å². The summed E-state index contributed by atoms with van der Waals surface area (Å²) >= 11 is 6.01. The van der Waals surface area contributed by atoms with Gasteiger partial charge in [-0.1, -0.05) is 31.0 Å². The molecule has 1 aromatic rings. The van der Waals surface area contributed by atoms with Crippen molar-refractivity contribution < 1.29 is 4.74 Å². The van der Waals surface area contributed by atoms with E-state index in [-0.39, 0.29) is 0 Å². The second-order valence-electron chi connectivity index (χ2n) is 5.80. The fourth-order valence-electron chi connectivity index (χ4n) is 3.03. The fraction of sp³-hybridized carbons (Fsp3) is 0.647. The molecule has 0 aromatic heterocycles. The lowest BCUT2D eigenvalue weighted by molar-refractivity contribution is 0.259. The van der Waals surface area contributed by atoms with Crippen LogP contribution in [0.2, 0.25) is 5.02 Å². The lowest BCUT2D eigenvalue weighted by Gasteiger charge is -2.21. The first kappa shape index (κ1) is 15.7. The third-order valence-electron chi connectivity index (χ3n) is 4.21. The Labute approximate surface area is 127 Å². The van der Waals surface area contributed by atoms with Crippen molar-refractivity contribution in [3.8, 4) is 5.75 Å². The highest BCUT2D eigenvalue weighted by molar-refractivity contribution is 6.30. The Balaban J connectivity index is 1.78. The molecule has 1 aromatic carbocycles. The number of halogens is 1. The Morgan fingerprint density at radius 1 is 1.35 bits per heavy atom. The van der Waals surface area contributed by atoms with Crippen molar-refractivity contribution >= 4 is 11.6 Å². The number of nitrogens with one attached hydrogen (secondary N) is 1. The Morgan fingerprint density at radius 3 is 3.00 bits per heavy atom. The van der Waals surface area contributed by atoms with Crippen molar-refractivity contribution in [3.63, 3.8) is 0 Å². The summed E-state index contributed by atoms with van der Waals surface area (Å²) in [6.07, 6.45) is 6.34. The summed E-state index contributed by atoms with van der Waals surface area (Å²) in [5.74, 6) is 1.69. The number of rotatable bonds is 7. The largest absolute Gasteiger partial charge is 0.493 e. The first-order chi connectivity index (χ1) is 9.70. The van der Waals surface area contributed by atoms with Crippen molar-refractivity contribution in [2.75, 3.05) is 13.2 Å². The fourth-order valence-corrected chi connectivity index (χ4v) is 3.19. The summed E-state index contributed by atoms with van der Waals surface area (Å²) in [5, 5.41) is 4.42. The molecule has 1 saturated carbocycles. The molecule has 0 spiro atoms. The van der Waals surface area contributed by atoms with E-state index in [2.05, 4.69) is 19.2 Å². The van der Waals surface area contributed by atoms with Gasteiger partial charge in [0.05, 0.1) is 6.61 Å². The third-order valence-corrected chi connectivity index (χ3v) is 4.45. The lowest BCUT2D eigenvalue weighted by atomic mass is 10.00. The second-order valence-corrected chi connectivity index (χ2v) is 6.23. The van der Waals surface area contributed by atoms with Crippen LogP contribution in [0.25, 0.3) is 0 Å². The van der Waals surface area contributed by atoms with Crippen LogP contribution < -0.4 is 10.1 Å². The van der Waals surface area contributed by atoms with Crippen molar-refractivity contribution in [1.82, 2.24) is 5.32 Å². The molecule has 0 bridgehead atoms. The van der Waals surface area contributed by atoms with E-state index >= 15 is 0 Å². The molecule has 2 nitrogen and oxygen atoms in total. The summed E-state index contributed by atoms with van der Waals surface area (Å²) in [5.41, 5.74) is 1.15. The average Bonchev–Trinajstić information content (AvgIpc) is 2.88. The summed E-state index contributed by atoms with van der Waals surface area (Å²) < 4.78 is 5.92. The predicted octanol–water partition coefficient (Wildman–Crippen LogP) is 4.59. The van der Waals surface area contributed by atoms with Gasteiger partial charge in [0.2, 0.25) is 0 Å². The zero-order chi connectivity index (χ0) is 14.4. The van der Waals surface area contributed by atoms with E-state index in [4.69, 9.17) is 16.3 Å². The lowest BCUT2D eigenvalue weighted by Crippen LogP contribution is -2.33. The monoisotopic (exact) mass is 295 g/mol. The molecule has 0 aliphatic heterocycles.